The normalized spacial score (nSPS) is 18.6. The topological polar surface area (TPSA) is 23.6 Å². The van der Waals surface area contributed by atoms with Gasteiger partial charge in [0.15, 0.2) is 0 Å². The molecule has 0 radical (unpaired) electrons. The summed E-state index contributed by atoms with van der Waals surface area (Å²) in [4.78, 5) is 16.2. The second kappa shape index (κ2) is 6.78. The third-order valence-electron chi connectivity index (χ3n) is 5.42. The highest BCUT2D eigenvalue weighted by Gasteiger charge is 2.29. The molecule has 0 N–H and O–H groups in total. The number of rotatable bonds is 4. The van der Waals surface area contributed by atoms with Gasteiger partial charge < -0.3 is 4.90 Å². The van der Waals surface area contributed by atoms with Crippen molar-refractivity contribution >= 4 is 12.0 Å². The number of carbonyl (C=O) groups excluding carboxylic acids is 1. The van der Waals surface area contributed by atoms with E-state index in [2.05, 4.69) is 52.3 Å². The first-order valence-electron chi connectivity index (χ1n) is 8.94. The minimum atomic E-state index is 0.611. The first-order valence-corrected chi connectivity index (χ1v) is 8.94. The Labute approximate surface area is 143 Å². The Bertz CT molecular complexity index is 705. The smallest absolute Gasteiger partial charge is 0.150 e. The number of likely N-dealkylation sites (tertiary alicyclic amines) is 1. The number of anilines is 1. The van der Waals surface area contributed by atoms with E-state index in [9.17, 15) is 4.79 Å². The highest BCUT2D eigenvalue weighted by Crippen LogP contribution is 2.33. The minimum Gasteiger partial charge on any atom is -0.368 e. The van der Waals surface area contributed by atoms with Crippen LogP contribution in [-0.2, 0) is 13.0 Å². The van der Waals surface area contributed by atoms with Gasteiger partial charge in [-0.15, -0.1) is 0 Å². The Balaban J connectivity index is 1.40. The number of aldehydes is 1. The maximum absolute atomic E-state index is 11.1. The lowest BCUT2D eigenvalue weighted by Gasteiger charge is -2.38. The van der Waals surface area contributed by atoms with Crippen molar-refractivity contribution in [3.8, 4) is 0 Å². The Morgan fingerprint density at radius 1 is 1.00 bits per heavy atom. The molecule has 3 nitrogen and oxygen atoms in total. The number of carbonyl (C=O) groups is 1. The third kappa shape index (κ3) is 3.09. The van der Waals surface area contributed by atoms with Gasteiger partial charge in [0.05, 0.1) is 0 Å². The molecule has 0 saturated carbocycles. The number of fused-ring (bicyclic) bond motifs is 1. The summed E-state index contributed by atoms with van der Waals surface area (Å²) in [5.41, 5.74) is 4.88. The van der Waals surface area contributed by atoms with E-state index in [-0.39, 0.29) is 0 Å². The van der Waals surface area contributed by atoms with Crippen LogP contribution in [0.4, 0.5) is 5.69 Å². The van der Waals surface area contributed by atoms with Crippen molar-refractivity contribution in [1.82, 2.24) is 4.90 Å². The Kier molecular flexibility index (Phi) is 4.35. The predicted molar refractivity (Wildman–Crippen MR) is 97.6 cm³/mol. The van der Waals surface area contributed by atoms with E-state index in [4.69, 9.17) is 0 Å². The van der Waals surface area contributed by atoms with E-state index in [0.29, 0.717) is 6.04 Å². The lowest BCUT2D eigenvalue weighted by atomic mass is 10.0. The van der Waals surface area contributed by atoms with E-state index in [1.54, 1.807) is 0 Å². The maximum atomic E-state index is 11.1. The summed E-state index contributed by atoms with van der Waals surface area (Å²) in [5, 5.41) is 0. The van der Waals surface area contributed by atoms with E-state index in [1.165, 1.54) is 29.7 Å². The molecule has 0 amide bonds. The number of hydrogen-bond acceptors (Lipinski definition) is 3. The maximum Gasteiger partial charge on any atom is 0.150 e. The molecule has 4 rings (SSSR count). The first kappa shape index (κ1) is 15.4. The summed E-state index contributed by atoms with van der Waals surface area (Å²) in [6, 6.07) is 17.5. The van der Waals surface area contributed by atoms with Gasteiger partial charge in [0.25, 0.3) is 0 Å². The van der Waals surface area contributed by atoms with Gasteiger partial charge in [-0.3, -0.25) is 9.69 Å². The molecular formula is C21H24N2O. The quantitative estimate of drug-likeness (QED) is 0.805. The molecule has 0 aliphatic carbocycles. The summed E-state index contributed by atoms with van der Waals surface area (Å²) in [5.74, 6) is 0. The zero-order valence-electron chi connectivity index (χ0n) is 14.0. The fraction of sp³-hybridized carbons (Fsp3) is 0.381. The predicted octanol–water partition coefficient (Wildman–Crippen LogP) is 3.53. The highest BCUT2D eigenvalue weighted by molar-refractivity contribution is 5.78. The molecule has 2 aromatic rings. The van der Waals surface area contributed by atoms with Crippen LogP contribution in [0.25, 0.3) is 0 Å². The summed E-state index contributed by atoms with van der Waals surface area (Å²) in [7, 11) is 0. The Morgan fingerprint density at radius 2 is 1.79 bits per heavy atom. The molecule has 0 atom stereocenters. The molecule has 2 aromatic carbocycles. The average molecular weight is 320 g/mol. The van der Waals surface area contributed by atoms with Crippen molar-refractivity contribution in [2.24, 2.45) is 0 Å². The van der Waals surface area contributed by atoms with Crippen molar-refractivity contribution < 1.29 is 4.79 Å². The van der Waals surface area contributed by atoms with Crippen molar-refractivity contribution in [3.05, 3.63) is 65.2 Å². The van der Waals surface area contributed by atoms with E-state index in [0.717, 1.165) is 44.4 Å². The van der Waals surface area contributed by atoms with Crippen LogP contribution in [0, 0.1) is 0 Å². The Morgan fingerprint density at radius 3 is 2.54 bits per heavy atom. The van der Waals surface area contributed by atoms with Gasteiger partial charge in [-0.2, -0.15) is 0 Å². The summed E-state index contributed by atoms with van der Waals surface area (Å²) < 4.78 is 0. The van der Waals surface area contributed by atoms with Gasteiger partial charge in [-0.1, -0.05) is 42.5 Å². The highest BCUT2D eigenvalue weighted by atomic mass is 16.1. The molecule has 1 saturated heterocycles. The first-order chi connectivity index (χ1) is 11.8. The molecule has 2 aliphatic rings. The average Bonchev–Trinajstić information content (AvgIpc) is 3.06. The molecule has 0 bridgehead atoms. The van der Waals surface area contributed by atoms with Crippen LogP contribution in [0.1, 0.15) is 34.3 Å². The molecule has 124 valence electrons. The van der Waals surface area contributed by atoms with Crippen molar-refractivity contribution in [2.75, 3.05) is 24.5 Å². The van der Waals surface area contributed by atoms with Gasteiger partial charge in [0.1, 0.15) is 6.29 Å². The molecule has 0 unspecified atom stereocenters. The fourth-order valence-corrected chi connectivity index (χ4v) is 4.10. The largest absolute Gasteiger partial charge is 0.368 e. The van der Waals surface area contributed by atoms with E-state index >= 15 is 0 Å². The molecular weight excluding hydrogens is 296 g/mol. The second-order valence-electron chi connectivity index (χ2n) is 6.94. The molecule has 2 aliphatic heterocycles. The van der Waals surface area contributed by atoms with Gasteiger partial charge >= 0.3 is 0 Å². The summed E-state index contributed by atoms with van der Waals surface area (Å²) in [6.07, 6.45) is 4.48. The van der Waals surface area contributed by atoms with Gasteiger partial charge in [-0.05, 0) is 36.5 Å². The van der Waals surface area contributed by atoms with Crippen LogP contribution >= 0.6 is 0 Å². The zero-order valence-corrected chi connectivity index (χ0v) is 14.0. The number of hydrogen-bond donors (Lipinski definition) is 0. The van der Waals surface area contributed by atoms with Gasteiger partial charge in [0, 0.05) is 43.5 Å². The zero-order chi connectivity index (χ0) is 16.4. The third-order valence-corrected chi connectivity index (χ3v) is 5.42. The summed E-state index contributed by atoms with van der Waals surface area (Å²) in [6.45, 7) is 4.46. The number of benzene rings is 2. The van der Waals surface area contributed by atoms with Crippen LogP contribution in [0.5, 0.6) is 0 Å². The van der Waals surface area contributed by atoms with Crippen LogP contribution in [0.3, 0.4) is 0 Å². The van der Waals surface area contributed by atoms with Gasteiger partial charge in [0.2, 0.25) is 0 Å². The van der Waals surface area contributed by atoms with E-state index in [1.807, 2.05) is 6.07 Å². The van der Waals surface area contributed by atoms with Crippen molar-refractivity contribution in [3.63, 3.8) is 0 Å². The molecule has 0 spiro atoms. The molecule has 2 heterocycles. The monoisotopic (exact) mass is 320 g/mol. The number of piperidine rings is 1. The van der Waals surface area contributed by atoms with Crippen molar-refractivity contribution in [1.29, 1.82) is 0 Å². The SMILES string of the molecule is O=Cc1ccc2c(c1)N(C1CCN(Cc3ccccc3)CC1)CC2. The van der Waals surface area contributed by atoms with Gasteiger partial charge in [-0.25, -0.2) is 0 Å². The van der Waals surface area contributed by atoms with Crippen molar-refractivity contribution in [2.45, 2.75) is 31.8 Å². The lowest BCUT2D eigenvalue weighted by Crippen LogP contribution is -2.44. The van der Waals surface area contributed by atoms with Crippen LogP contribution in [-0.4, -0.2) is 36.9 Å². The Hall–Kier alpha value is -2.13. The molecule has 3 heteroatoms. The standard InChI is InChI=1S/C21H24N2O/c24-16-18-6-7-19-8-13-23(21(19)14-18)20-9-11-22(12-10-20)15-17-4-2-1-3-5-17/h1-7,14,16,20H,8-13,15H2. The van der Waals surface area contributed by atoms with Crippen LogP contribution in [0.15, 0.2) is 48.5 Å². The van der Waals surface area contributed by atoms with Crippen LogP contribution in [0.2, 0.25) is 0 Å². The fourth-order valence-electron chi connectivity index (χ4n) is 4.10. The van der Waals surface area contributed by atoms with E-state index < -0.39 is 0 Å². The molecule has 24 heavy (non-hydrogen) atoms. The molecule has 1 fully saturated rings. The minimum absolute atomic E-state index is 0.611. The lowest BCUT2D eigenvalue weighted by molar-refractivity contribution is 0.112. The van der Waals surface area contributed by atoms with Crippen LogP contribution < -0.4 is 4.90 Å². The second-order valence-corrected chi connectivity index (χ2v) is 6.94. The summed E-state index contributed by atoms with van der Waals surface area (Å²) >= 11 is 0. The number of nitrogens with zero attached hydrogens (tertiary/aromatic N) is 2. The molecule has 0 aromatic heterocycles.